The van der Waals surface area contributed by atoms with Crippen LogP contribution >= 0.6 is 31.9 Å². The molecule has 0 radical (unpaired) electrons. The largest absolute Gasteiger partial charge is 1.00 e. The maximum atomic E-state index is 10.1. The first-order valence-electron chi connectivity index (χ1n) is 3.05. The molecule has 0 fully saturated rings. The molecule has 2 nitrogen and oxygen atoms in total. The van der Waals surface area contributed by atoms with Crippen LogP contribution in [-0.2, 0) is 4.79 Å². The molecule has 0 aromatic rings. The van der Waals surface area contributed by atoms with Crippen LogP contribution in [0.4, 0.5) is 0 Å². The van der Waals surface area contributed by atoms with E-state index in [1.807, 2.05) is 6.92 Å². The van der Waals surface area contributed by atoms with Crippen LogP contribution in [-0.4, -0.2) is 9.20 Å². The summed E-state index contributed by atoms with van der Waals surface area (Å²) in [5.74, 6) is -1.04. The molecule has 5 heteroatoms. The van der Waals surface area contributed by atoms with Crippen LogP contribution in [0.1, 0.15) is 26.2 Å². The van der Waals surface area contributed by atoms with E-state index in [9.17, 15) is 9.90 Å². The van der Waals surface area contributed by atoms with Gasteiger partial charge in [0.05, 0.1) is 3.23 Å². The van der Waals surface area contributed by atoms with Gasteiger partial charge in [0.15, 0.2) is 0 Å². The van der Waals surface area contributed by atoms with Crippen LogP contribution in [0.5, 0.6) is 0 Å². The van der Waals surface area contributed by atoms with Crippen molar-refractivity contribution in [2.24, 2.45) is 0 Å². The van der Waals surface area contributed by atoms with Crippen LogP contribution in [0.2, 0.25) is 0 Å². The van der Waals surface area contributed by atoms with Gasteiger partial charge in [0.1, 0.15) is 0 Å². The molecule has 0 heterocycles. The van der Waals surface area contributed by atoms with Crippen molar-refractivity contribution in [1.29, 1.82) is 0 Å². The van der Waals surface area contributed by atoms with Gasteiger partial charge < -0.3 is 9.90 Å². The second kappa shape index (κ2) is 6.89. The second-order valence-electron chi connectivity index (χ2n) is 2.15. The maximum Gasteiger partial charge on any atom is 1.00 e. The second-order valence-corrected chi connectivity index (χ2v) is 6.25. The van der Waals surface area contributed by atoms with Gasteiger partial charge in [-0.3, -0.25) is 0 Å². The molecule has 0 aliphatic carbocycles. The van der Waals surface area contributed by atoms with E-state index in [0.717, 1.165) is 12.8 Å². The van der Waals surface area contributed by atoms with E-state index in [2.05, 4.69) is 31.9 Å². The number of aliphatic carboxylic acids is 1. The Balaban J connectivity index is 0. The first-order valence-corrected chi connectivity index (χ1v) is 4.64. The minimum atomic E-state index is -1.04. The number of hydrogen-bond acceptors (Lipinski definition) is 2. The number of rotatable bonds is 4. The number of carbonyl (C=O) groups excluding carboxylic acids is 1. The van der Waals surface area contributed by atoms with Gasteiger partial charge in [-0.25, -0.2) is 0 Å². The Kier molecular flexibility index (Phi) is 9.36. The van der Waals surface area contributed by atoms with Crippen molar-refractivity contribution in [3.05, 3.63) is 0 Å². The van der Waals surface area contributed by atoms with E-state index in [1.165, 1.54) is 0 Å². The Labute approximate surface area is 106 Å². The predicted octanol–water partition coefficient (Wildman–Crippen LogP) is -1.58. The van der Waals surface area contributed by atoms with Crippen molar-refractivity contribution < 1.29 is 39.5 Å². The van der Waals surface area contributed by atoms with E-state index in [4.69, 9.17) is 0 Å². The Morgan fingerprint density at radius 3 is 2.27 bits per heavy atom. The van der Waals surface area contributed by atoms with Gasteiger partial charge in [-0.2, -0.15) is 0 Å². The van der Waals surface area contributed by atoms with Crippen molar-refractivity contribution >= 4 is 37.8 Å². The molecular formula is C6H9Br2NaO2. The first kappa shape index (κ1) is 14.9. The zero-order valence-electron chi connectivity index (χ0n) is 6.69. The molecule has 0 amide bonds. The monoisotopic (exact) mass is 294 g/mol. The van der Waals surface area contributed by atoms with Crippen molar-refractivity contribution in [3.8, 4) is 0 Å². The normalized spacial score (nSPS) is 10.5. The fraction of sp³-hybridized carbons (Fsp3) is 0.833. The smallest absolute Gasteiger partial charge is 0.550 e. The molecule has 0 aromatic carbocycles. The summed E-state index contributed by atoms with van der Waals surface area (Å²) < 4.78 is -0.465. The fourth-order valence-electron chi connectivity index (χ4n) is 0.665. The Morgan fingerprint density at radius 2 is 2.00 bits per heavy atom. The molecule has 0 bridgehead atoms. The van der Waals surface area contributed by atoms with Crippen LogP contribution < -0.4 is 34.7 Å². The molecule has 0 spiro atoms. The molecule has 11 heavy (non-hydrogen) atoms. The maximum absolute atomic E-state index is 10.1. The summed E-state index contributed by atoms with van der Waals surface area (Å²) in [6, 6.07) is 0. The molecule has 0 saturated carbocycles. The van der Waals surface area contributed by atoms with Gasteiger partial charge in [0.25, 0.3) is 0 Å². The summed E-state index contributed by atoms with van der Waals surface area (Å²) in [6.07, 6.45) is 1.71. The van der Waals surface area contributed by atoms with Gasteiger partial charge in [-0.05, 0) is 6.42 Å². The number of carbonyl (C=O) groups is 1. The summed E-state index contributed by atoms with van der Waals surface area (Å²) >= 11 is 6.48. The SMILES string of the molecule is CCCC(Br)(Br)CC(=O)[O-].[Na+]. The molecule has 0 aromatic heterocycles. The summed E-state index contributed by atoms with van der Waals surface area (Å²) in [6.45, 7) is 1.99. The van der Waals surface area contributed by atoms with Crippen LogP contribution in [0.15, 0.2) is 0 Å². The molecule has 0 aliphatic heterocycles. The number of carboxylic acids is 1. The molecule has 0 unspecified atom stereocenters. The quantitative estimate of drug-likeness (QED) is 0.464. The van der Waals surface area contributed by atoms with Gasteiger partial charge in [0, 0.05) is 12.4 Å². The third kappa shape index (κ3) is 9.34. The minimum absolute atomic E-state index is 0. The Hall–Kier alpha value is 1.43. The van der Waals surface area contributed by atoms with E-state index in [0.29, 0.717) is 0 Å². The van der Waals surface area contributed by atoms with Gasteiger partial charge >= 0.3 is 29.6 Å². The van der Waals surface area contributed by atoms with Gasteiger partial charge in [-0.1, -0.05) is 45.2 Å². The van der Waals surface area contributed by atoms with Crippen LogP contribution in [0.25, 0.3) is 0 Å². The standard InChI is InChI=1S/C6H10Br2O2.Na/c1-2-3-6(7,8)4-5(9)10;/h2-4H2,1H3,(H,9,10);/q;+1/p-1. The summed E-state index contributed by atoms with van der Waals surface area (Å²) in [5.41, 5.74) is 0. The van der Waals surface area contributed by atoms with Gasteiger partial charge in [0.2, 0.25) is 0 Å². The zero-order valence-corrected chi connectivity index (χ0v) is 11.9. The average molecular weight is 296 g/mol. The van der Waals surface area contributed by atoms with Crippen molar-refractivity contribution in [3.63, 3.8) is 0 Å². The third-order valence-corrected chi connectivity index (χ3v) is 2.37. The van der Waals surface area contributed by atoms with Crippen LogP contribution in [0, 0.1) is 0 Å². The zero-order chi connectivity index (χ0) is 8.20. The third-order valence-electron chi connectivity index (χ3n) is 1.02. The Morgan fingerprint density at radius 1 is 1.55 bits per heavy atom. The van der Waals surface area contributed by atoms with Crippen molar-refractivity contribution in [1.82, 2.24) is 0 Å². The predicted molar refractivity (Wildman–Crippen MR) is 45.1 cm³/mol. The molecule has 0 rings (SSSR count). The number of alkyl halides is 2. The molecule has 0 N–H and O–H groups in total. The molecule has 60 valence electrons. The van der Waals surface area contributed by atoms with E-state index < -0.39 is 9.20 Å². The number of hydrogen-bond donors (Lipinski definition) is 0. The summed E-state index contributed by atoms with van der Waals surface area (Å²) in [5, 5.41) is 10.1. The van der Waals surface area contributed by atoms with Crippen molar-refractivity contribution in [2.75, 3.05) is 0 Å². The fourth-order valence-corrected chi connectivity index (χ4v) is 1.92. The molecule has 0 saturated heterocycles. The molecule has 0 aliphatic rings. The number of halogens is 2. The molecular weight excluding hydrogens is 287 g/mol. The topological polar surface area (TPSA) is 40.1 Å². The van der Waals surface area contributed by atoms with Crippen LogP contribution in [0.3, 0.4) is 0 Å². The van der Waals surface area contributed by atoms with Gasteiger partial charge in [-0.15, -0.1) is 0 Å². The van der Waals surface area contributed by atoms with E-state index in [1.54, 1.807) is 0 Å². The molecule has 0 atom stereocenters. The average Bonchev–Trinajstić information content (AvgIpc) is 1.59. The van der Waals surface area contributed by atoms with E-state index in [-0.39, 0.29) is 36.0 Å². The summed E-state index contributed by atoms with van der Waals surface area (Å²) in [4.78, 5) is 10.1. The first-order chi connectivity index (χ1) is 4.48. The Bertz CT molecular complexity index is 128. The van der Waals surface area contributed by atoms with Crippen molar-refractivity contribution in [2.45, 2.75) is 29.4 Å². The number of carboxylic acid groups (broad SMARTS) is 1. The van der Waals surface area contributed by atoms with E-state index >= 15 is 0 Å². The summed E-state index contributed by atoms with van der Waals surface area (Å²) in [7, 11) is 0. The minimum Gasteiger partial charge on any atom is -0.550 e.